The van der Waals surface area contributed by atoms with Crippen LogP contribution in [0, 0.1) is 0 Å². The molecule has 1 amide bonds. The summed E-state index contributed by atoms with van der Waals surface area (Å²) in [5.74, 6) is 1.07. The fourth-order valence-electron chi connectivity index (χ4n) is 5.72. The molecule has 2 spiro atoms. The van der Waals surface area contributed by atoms with Gasteiger partial charge in [-0.1, -0.05) is 11.6 Å². The highest BCUT2D eigenvalue weighted by molar-refractivity contribution is 6.31. The van der Waals surface area contributed by atoms with Crippen molar-refractivity contribution < 1.29 is 9.53 Å². The van der Waals surface area contributed by atoms with Crippen molar-refractivity contribution in [2.24, 2.45) is 0 Å². The molecule has 5 heterocycles. The minimum absolute atomic E-state index is 0.0724. The lowest BCUT2D eigenvalue weighted by Gasteiger charge is -2.38. The van der Waals surface area contributed by atoms with Crippen LogP contribution in [0.4, 0.5) is 5.69 Å². The molecule has 1 unspecified atom stereocenters. The average molecular weight is 436 g/mol. The SMILES string of the molecule is O=C1N(Cc2nc3cc(Cl)ccc3n2C2CNC3(COC3)C2)c2cnccc2C12CC2. The minimum Gasteiger partial charge on any atom is -0.377 e. The summed E-state index contributed by atoms with van der Waals surface area (Å²) in [6.07, 6.45) is 6.43. The molecule has 0 radical (unpaired) electrons. The van der Waals surface area contributed by atoms with Crippen molar-refractivity contribution >= 4 is 34.2 Å². The maximum absolute atomic E-state index is 13.4. The fraction of sp³-hybridized carbons (Fsp3) is 0.435. The number of nitrogens with zero attached hydrogens (tertiary/aromatic N) is 4. The molecule has 3 aromatic rings. The predicted octanol–water partition coefficient (Wildman–Crippen LogP) is 2.97. The molecule has 1 saturated carbocycles. The molecular formula is C23H22ClN5O2. The summed E-state index contributed by atoms with van der Waals surface area (Å²) in [7, 11) is 0. The van der Waals surface area contributed by atoms with Gasteiger partial charge in [0.2, 0.25) is 5.91 Å². The second kappa shape index (κ2) is 6.06. The van der Waals surface area contributed by atoms with Gasteiger partial charge in [0.1, 0.15) is 5.82 Å². The average Bonchev–Trinajstić information content (AvgIpc) is 3.21. The van der Waals surface area contributed by atoms with E-state index in [9.17, 15) is 4.79 Å². The number of halogens is 1. The number of imidazole rings is 1. The van der Waals surface area contributed by atoms with Gasteiger partial charge in [0.05, 0.1) is 53.6 Å². The van der Waals surface area contributed by atoms with Crippen molar-refractivity contribution in [1.82, 2.24) is 19.9 Å². The summed E-state index contributed by atoms with van der Waals surface area (Å²) >= 11 is 6.27. The Kier molecular flexibility index (Phi) is 3.54. The molecule has 1 N–H and O–H groups in total. The number of fused-ring (bicyclic) bond motifs is 3. The van der Waals surface area contributed by atoms with E-state index in [1.54, 1.807) is 6.20 Å². The molecule has 1 aliphatic carbocycles. The number of nitrogens with one attached hydrogen (secondary N) is 1. The summed E-state index contributed by atoms with van der Waals surface area (Å²) in [4.78, 5) is 24.6. The fourth-order valence-corrected chi connectivity index (χ4v) is 5.88. The molecule has 0 bridgehead atoms. The molecule has 2 saturated heterocycles. The van der Waals surface area contributed by atoms with E-state index in [4.69, 9.17) is 21.3 Å². The Hall–Kier alpha value is -2.48. The summed E-state index contributed by atoms with van der Waals surface area (Å²) in [6, 6.07) is 8.12. The number of benzene rings is 1. The normalized spacial score (nSPS) is 24.9. The van der Waals surface area contributed by atoms with Crippen molar-refractivity contribution in [1.29, 1.82) is 0 Å². The van der Waals surface area contributed by atoms with Gasteiger partial charge in [-0.05, 0) is 49.1 Å². The van der Waals surface area contributed by atoms with Gasteiger partial charge in [-0.2, -0.15) is 0 Å². The third-order valence-electron chi connectivity index (χ3n) is 7.50. The second-order valence-electron chi connectivity index (χ2n) is 9.41. The van der Waals surface area contributed by atoms with Crippen LogP contribution >= 0.6 is 11.6 Å². The molecule has 158 valence electrons. The van der Waals surface area contributed by atoms with Crippen LogP contribution in [-0.4, -0.2) is 45.7 Å². The van der Waals surface area contributed by atoms with Crippen molar-refractivity contribution in [3.63, 3.8) is 0 Å². The highest BCUT2D eigenvalue weighted by atomic mass is 35.5. The second-order valence-corrected chi connectivity index (χ2v) is 9.85. The van der Waals surface area contributed by atoms with Crippen LogP contribution in [0.3, 0.4) is 0 Å². The van der Waals surface area contributed by atoms with E-state index < -0.39 is 0 Å². The quantitative estimate of drug-likeness (QED) is 0.684. The number of hydrogen-bond acceptors (Lipinski definition) is 5. The first kappa shape index (κ1) is 18.1. The topological polar surface area (TPSA) is 72.3 Å². The van der Waals surface area contributed by atoms with Gasteiger partial charge in [-0.3, -0.25) is 9.78 Å². The maximum Gasteiger partial charge on any atom is 0.238 e. The van der Waals surface area contributed by atoms with E-state index in [0.717, 1.165) is 67.1 Å². The molecule has 3 fully saturated rings. The molecular weight excluding hydrogens is 414 g/mol. The van der Waals surface area contributed by atoms with Gasteiger partial charge in [-0.15, -0.1) is 0 Å². The van der Waals surface area contributed by atoms with E-state index in [1.807, 2.05) is 35.4 Å². The Morgan fingerprint density at radius 2 is 2.13 bits per heavy atom. The molecule has 3 aliphatic heterocycles. The van der Waals surface area contributed by atoms with Crippen LogP contribution in [-0.2, 0) is 21.5 Å². The Morgan fingerprint density at radius 3 is 2.87 bits per heavy atom. The number of carbonyl (C=O) groups excluding carboxylic acids is 1. The summed E-state index contributed by atoms with van der Waals surface area (Å²) in [5, 5.41) is 4.33. The molecule has 1 atom stereocenters. The zero-order chi connectivity index (χ0) is 20.8. The number of aromatic nitrogens is 3. The van der Waals surface area contributed by atoms with Crippen molar-refractivity contribution in [2.75, 3.05) is 24.7 Å². The Balaban J connectivity index is 1.32. The highest BCUT2D eigenvalue weighted by Crippen LogP contribution is 2.57. The number of anilines is 1. The largest absolute Gasteiger partial charge is 0.377 e. The van der Waals surface area contributed by atoms with Gasteiger partial charge < -0.3 is 19.5 Å². The number of amides is 1. The smallest absolute Gasteiger partial charge is 0.238 e. The molecule has 1 aromatic carbocycles. The van der Waals surface area contributed by atoms with Gasteiger partial charge in [-0.25, -0.2) is 4.98 Å². The number of ether oxygens (including phenoxy) is 1. The summed E-state index contributed by atoms with van der Waals surface area (Å²) < 4.78 is 7.80. The van der Waals surface area contributed by atoms with Crippen molar-refractivity contribution in [3.05, 3.63) is 53.1 Å². The molecule has 7 nitrogen and oxygen atoms in total. The summed E-state index contributed by atoms with van der Waals surface area (Å²) in [5.41, 5.74) is 3.71. The molecule has 31 heavy (non-hydrogen) atoms. The van der Waals surface area contributed by atoms with Crippen LogP contribution < -0.4 is 10.2 Å². The van der Waals surface area contributed by atoms with E-state index in [1.165, 1.54) is 0 Å². The van der Waals surface area contributed by atoms with Gasteiger partial charge in [0.15, 0.2) is 0 Å². The summed E-state index contributed by atoms with van der Waals surface area (Å²) in [6.45, 7) is 2.80. The Bertz CT molecular complexity index is 1250. The molecule has 2 aromatic heterocycles. The van der Waals surface area contributed by atoms with Crippen molar-refractivity contribution in [2.45, 2.75) is 42.8 Å². The maximum atomic E-state index is 13.4. The van der Waals surface area contributed by atoms with Gasteiger partial charge in [0, 0.05) is 23.8 Å². The zero-order valence-corrected chi connectivity index (χ0v) is 17.7. The van der Waals surface area contributed by atoms with Crippen LogP contribution in [0.25, 0.3) is 11.0 Å². The highest BCUT2D eigenvalue weighted by Gasteiger charge is 2.59. The monoisotopic (exact) mass is 435 g/mol. The standard InChI is InChI=1S/C23H22ClN5O2/c24-14-1-2-18-17(7-14)27-20(29(18)15-8-22(26-9-15)12-31-13-22)11-28-19-10-25-6-3-16(19)23(4-5-23)21(28)30/h1-3,6-7,10,15,26H,4-5,8-9,11-13H2. The van der Waals surface area contributed by atoms with E-state index in [-0.39, 0.29) is 22.9 Å². The third-order valence-corrected chi connectivity index (χ3v) is 7.73. The van der Waals surface area contributed by atoms with Crippen LogP contribution in [0.2, 0.25) is 5.02 Å². The number of pyridine rings is 1. The lowest BCUT2D eigenvalue weighted by Crippen LogP contribution is -2.56. The Morgan fingerprint density at radius 1 is 1.26 bits per heavy atom. The predicted molar refractivity (Wildman–Crippen MR) is 116 cm³/mol. The zero-order valence-electron chi connectivity index (χ0n) is 17.0. The Labute approximate surface area is 184 Å². The third kappa shape index (κ3) is 2.45. The van der Waals surface area contributed by atoms with E-state index in [2.05, 4.69) is 14.9 Å². The van der Waals surface area contributed by atoms with E-state index in [0.29, 0.717) is 11.6 Å². The molecule has 8 heteroatoms. The lowest BCUT2D eigenvalue weighted by atomic mass is 9.94. The van der Waals surface area contributed by atoms with Gasteiger partial charge >= 0.3 is 0 Å². The minimum atomic E-state index is -0.333. The number of hydrogen-bond donors (Lipinski definition) is 1. The first-order valence-corrected chi connectivity index (χ1v) is 11.2. The van der Waals surface area contributed by atoms with Crippen LogP contribution in [0.15, 0.2) is 36.7 Å². The van der Waals surface area contributed by atoms with Crippen LogP contribution in [0.1, 0.15) is 36.7 Å². The number of rotatable bonds is 3. The van der Waals surface area contributed by atoms with Crippen molar-refractivity contribution in [3.8, 4) is 0 Å². The van der Waals surface area contributed by atoms with Gasteiger partial charge in [0.25, 0.3) is 0 Å². The van der Waals surface area contributed by atoms with E-state index >= 15 is 0 Å². The van der Waals surface area contributed by atoms with Crippen LogP contribution in [0.5, 0.6) is 0 Å². The molecule has 7 rings (SSSR count). The number of carbonyl (C=O) groups is 1. The first-order chi connectivity index (χ1) is 15.1. The lowest BCUT2D eigenvalue weighted by molar-refractivity contribution is -0.120. The molecule has 4 aliphatic rings. The first-order valence-electron chi connectivity index (χ1n) is 10.8.